The highest BCUT2D eigenvalue weighted by Crippen LogP contribution is 2.37. The zero-order valence-corrected chi connectivity index (χ0v) is 17.9. The van der Waals surface area contributed by atoms with Gasteiger partial charge in [0.2, 0.25) is 0 Å². The summed E-state index contributed by atoms with van der Waals surface area (Å²) in [5.41, 5.74) is 2.09. The standard InChI is InChI=1S/C21H13ClN2O4S2/c1-12-2-5-15(24(26)27)10-17(12)18-9-8-16(28-18)11-19-20(25)23(21(29)30-19)14-6-3-13(22)4-7-14/h2-11H,1H3/b19-11-. The SMILES string of the molecule is Cc1ccc([N+](=O)[O-])cc1-c1ccc(/C=C2\SC(=S)N(c3ccc(Cl)cc3)C2=O)o1. The summed E-state index contributed by atoms with van der Waals surface area (Å²) in [4.78, 5) is 25.3. The van der Waals surface area contributed by atoms with Gasteiger partial charge in [-0.25, -0.2) is 0 Å². The van der Waals surface area contributed by atoms with Crippen LogP contribution in [0.25, 0.3) is 17.4 Å². The average molecular weight is 457 g/mol. The molecule has 0 saturated carbocycles. The number of nitro groups is 1. The first-order valence-corrected chi connectivity index (χ1v) is 10.3. The molecule has 1 aliphatic heterocycles. The Hall–Kier alpha value is -2.94. The molecule has 0 N–H and O–H groups in total. The van der Waals surface area contributed by atoms with Crippen LogP contribution in [0.3, 0.4) is 0 Å². The number of hydrogen-bond acceptors (Lipinski definition) is 6. The lowest BCUT2D eigenvalue weighted by atomic mass is 10.1. The van der Waals surface area contributed by atoms with Crippen molar-refractivity contribution in [3.63, 3.8) is 0 Å². The van der Waals surface area contributed by atoms with Crippen molar-refractivity contribution in [2.24, 2.45) is 0 Å². The van der Waals surface area contributed by atoms with Crippen molar-refractivity contribution in [2.75, 3.05) is 4.90 Å². The van der Waals surface area contributed by atoms with Gasteiger partial charge >= 0.3 is 0 Å². The molecule has 3 aromatic rings. The average Bonchev–Trinajstić information content (AvgIpc) is 3.27. The van der Waals surface area contributed by atoms with Crippen LogP contribution in [0.4, 0.5) is 11.4 Å². The van der Waals surface area contributed by atoms with E-state index in [9.17, 15) is 14.9 Å². The number of hydrogen-bond donors (Lipinski definition) is 0. The second-order valence-electron chi connectivity index (χ2n) is 6.45. The number of amides is 1. The van der Waals surface area contributed by atoms with E-state index in [1.807, 2.05) is 6.92 Å². The van der Waals surface area contributed by atoms with Crippen LogP contribution in [0.1, 0.15) is 11.3 Å². The van der Waals surface area contributed by atoms with Crippen molar-refractivity contribution < 1.29 is 14.1 Å². The van der Waals surface area contributed by atoms with Crippen LogP contribution in [0.5, 0.6) is 0 Å². The fourth-order valence-electron chi connectivity index (χ4n) is 2.97. The monoisotopic (exact) mass is 456 g/mol. The summed E-state index contributed by atoms with van der Waals surface area (Å²) in [5, 5.41) is 11.6. The second-order valence-corrected chi connectivity index (χ2v) is 8.56. The van der Waals surface area contributed by atoms with Crippen molar-refractivity contribution in [2.45, 2.75) is 6.92 Å². The number of thiocarbonyl (C=S) groups is 1. The molecule has 1 aliphatic rings. The van der Waals surface area contributed by atoms with Gasteiger partial charge < -0.3 is 4.42 Å². The number of benzene rings is 2. The van der Waals surface area contributed by atoms with E-state index in [1.165, 1.54) is 28.8 Å². The lowest BCUT2D eigenvalue weighted by Crippen LogP contribution is -2.27. The van der Waals surface area contributed by atoms with Crippen LogP contribution >= 0.6 is 35.6 Å². The number of rotatable bonds is 4. The number of furan rings is 1. The van der Waals surface area contributed by atoms with Crippen LogP contribution in [0.2, 0.25) is 5.02 Å². The number of halogens is 1. The van der Waals surface area contributed by atoms with Gasteiger partial charge in [-0.05, 0) is 48.9 Å². The van der Waals surface area contributed by atoms with Gasteiger partial charge in [-0.1, -0.05) is 41.6 Å². The molecule has 0 radical (unpaired) electrons. The van der Waals surface area contributed by atoms with Crippen LogP contribution in [0.15, 0.2) is 63.9 Å². The van der Waals surface area contributed by atoms with Gasteiger partial charge in [0.25, 0.3) is 11.6 Å². The maximum absolute atomic E-state index is 12.9. The lowest BCUT2D eigenvalue weighted by molar-refractivity contribution is -0.384. The molecule has 6 nitrogen and oxygen atoms in total. The summed E-state index contributed by atoms with van der Waals surface area (Å²) >= 11 is 12.5. The Morgan fingerprint density at radius 3 is 2.60 bits per heavy atom. The largest absolute Gasteiger partial charge is 0.457 e. The fourth-order valence-corrected chi connectivity index (χ4v) is 4.38. The number of non-ortho nitro benzene ring substituents is 1. The zero-order valence-electron chi connectivity index (χ0n) is 15.5. The molecule has 30 heavy (non-hydrogen) atoms. The summed E-state index contributed by atoms with van der Waals surface area (Å²) in [7, 11) is 0. The minimum absolute atomic E-state index is 0.0163. The summed E-state index contributed by atoms with van der Waals surface area (Å²) in [5.74, 6) is 0.681. The van der Waals surface area contributed by atoms with Crippen molar-refractivity contribution >= 4 is 63.3 Å². The minimum atomic E-state index is -0.450. The van der Waals surface area contributed by atoms with E-state index in [4.69, 9.17) is 28.2 Å². The predicted molar refractivity (Wildman–Crippen MR) is 123 cm³/mol. The molecule has 1 saturated heterocycles. The quantitative estimate of drug-likeness (QED) is 0.201. The zero-order chi connectivity index (χ0) is 21.4. The van der Waals surface area contributed by atoms with Gasteiger partial charge in [-0.3, -0.25) is 19.8 Å². The van der Waals surface area contributed by atoms with Crippen molar-refractivity contribution in [1.29, 1.82) is 0 Å². The minimum Gasteiger partial charge on any atom is -0.457 e. The fraction of sp³-hybridized carbons (Fsp3) is 0.0476. The molecule has 0 aliphatic carbocycles. The number of nitrogens with zero attached hydrogens (tertiary/aromatic N) is 2. The van der Waals surface area contributed by atoms with Gasteiger partial charge in [0.1, 0.15) is 11.5 Å². The summed E-state index contributed by atoms with van der Waals surface area (Å²) in [6.07, 6.45) is 1.62. The normalized spacial score (nSPS) is 15.3. The molecule has 0 bridgehead atoms. The van der Waals surface area contributed by atoms with Gasteiger partial charge in [0.15, 0.2) is 4.32 Å². The first-order chi connectivity index (χ1) is 14.3. The maximum Gasteiger partial charge on any atom is 0.270 e. The maximum atomic E-state index is 12.9. The number of thioether (sulfide) groups is 1. The number of carbonyl (C=O) groups is 1. The molecule has 2 aromatic carbocycles. The van der Waals surface area contributed by atoms with Crippen molar-refractivity contribution in [1.82, 2.24) is 0 Å². The Morgan fingerprint density at radius 1 is 1.17 bits per heavy atom. The molecule has 0 unspecified atom stereocenters. The molecule has 2 heterocycles. The molecule has 1 amide bonds. The van der Waals surface area contributed by atoms with Crippen LogP contribution in [-0.4, -0.2) is 15.2 Å². The van der Waals surface area contributed by atoms with E-state index in [0.29, 0.717) is 37.0 Å². The molecule has 1 fully saturated rings. The highest BCUT2D eigenvalue weighted by Gasteiger charge is 2.33. The Balaban J connectivity index is 1.63. The van der Waals surface area contributed by atoms with Gasteiger partial charge in [0.05, 0.1) is 15.5 Å². The molecule has 0 atom stereocenters. The van der Waals surface area contributed by atoms with Crippen LogP contribution in [0, 0.1) is 17.0 Å². The lowest BCUT2D eigenvalue weighted by Gasteiger charge is -2.14. The first kappa shape index (κ1) is 20.3. The smallest absolute Gasteiger partial charge is 0.270 e. The summed E-state index contributed by atoms with van der Waals surface area (Å²) < 4.78 is 6.26. The Kier molecular flexibility index (Phi) is 5.46. The van der Waals surface area contributed by atoms with E-state index in [2.05, 4.69) is 0 Å². The van der Waals surface area contributed by atoms with Gasteiger partial charge in [0, 0.05) is 28.8 Å². The topological polar surface area (TPSA) is 76.6 Å². The molecule has 9 heteroatoms. The molecular formula is C21H13ClN2O4S2. The first-order valence-electron chi connectivity index (χ1n) is 8.72. The predicted octanol–water partition coefficient (Wildman–Crippen LogP) is 6.22. The second kappa shape index (κ2) is 8.06. The third kappa shape index (κ3) is 3.89. The van der Waals surface area contributed by atoms with Crippen LogP contribution < -0.4 is 4.90 Å². The highest BCUT2D eigenvalue weighted by molar-refractivity contribution is 8.27. The van der Waals surface area contributed by atoms with E-state index >= 15 is 0 Å². The molecule has 1 aromatic heterocycles. The number of anilines is 1. The number of aryl methyl sites for hydroxylation is 1. The van der Waals surface area contributed by atoms with Gasteiger partial charge in [-0.2, -0.15) is 0 Å². The molecular weight excluding hydrogens is 444 g/mol. The molecule has 4 rings (SSSR count). The highest BCUT2D eigenvalue weighted by atomic mass is 35.5. The molecule has 0 spiro atoms. The van der Waals surface area contributed by atoms with Crippen LogP contribution in [-0.2, 0) is 4.79 Å². The van der Waals surface area contributed by atoms with E-state index in [1.54, 1.807) is 48.5 Å². The van der Waals surface area contributed by atoms with E-state index < -0.39 is 4.92 Å². The summed E-state index contributed by atoms with van der Waals surface area (Å²) in [6.45, 7) is 1.85. The Labute approximate surface area is 186 Å². The van der Waals surface area contributed by atoms with Crippen molar-refractivity contribution in [3.8, 4) is 11.3 Å². The number of nitro benzene ring substituents is 1. The summed E-state index contributed by atoms with van der Waals surface area (Å²) in [6, 6.07) is 14.9. The molecule has 150 valence electrons. The van der Waals surface area contributed by atoms with E-state index in [-0.39, 0.29) is 11.6 Å². The van der Waals surface area contributed by atoms with Gasteiger partial charge in [-0.15, -0.1) is 0 Å². The van der Waals surface area contributed by atoms with Crippen molar-refractivity contribution in [3.05, 3.63) is 86.0 Å². The Bertz CT molecular complexity index is 1220. The third-order valence-corrected chi connectivity index (χ3v) is 6.03. The third-order valence-electron chi connectivity index (χ3n) is 4.48. The van der Waals surface area contributed by atoms with E-state index in [0.717, 1.165) is 5.56 Å². The number of carbonyl (C=O) groups excluding carboxylic acids is 1. The Morgan fingerprint density at radius 2 is 1.90 bits per heavy atom.